The van der Waals surface area contributed by atoms with E-state index in [4.69, 9.17) is 0 Å². The van der Waals surface area contributed by atoms with E-state index in [9.17, 15) is 13.5 Å². The molecule has 1 aromatic carbocycles. The zero-order valence-corrected chi connectivity index (χ0v) is 17.0. The second kappa shape index (κ2) is 10.3. The van der Waals surface area contributed by atoms with Crippen LogP contribution in [-0.4, -0.2) is 44.3 Å². The second-order valence-electron chi connectivity index (χ2n) is 7.53. The highest BCUT2D eigenvalue weighted by molar-refractivity contribution is 7.92. The van der Waals surface area contributed by atoms with Crippen LogP contribution in [0, 0.1) is 5.92 Å². The van der Waals surface area contributed by atoms with Crippen LogP contribution >= 0.6 is 0 Å². The fourth-order valence-electron chi connectivity index (χ4n) is 3.27. The van der Waals surface area contributed by atoms with Gasteiger partial charge in [0.1, 0.15) is 0 Å². The fraction of sp³-hybridized carbons (Fsp3) is 0.700. The maximum absolute atomic E-state index is 11.2. The molecule has 0 bridgehead atoms. The predicted molar refractivity (Wildman–Crippen MR) is 108 cm³/mol. The number of aliphatic hydroxyl groups excluding tert-OH is 1. The van der Waals surface area contributed by atoms with Crippen molar-refractivity contribution in [3.8, 4) is 0 Å². The Labute approximate surface area is 158 Å². The third-order valence-corrected chi connectivity index (χ3v) is 5.64. The van der Waals surface area contributed by atoms with Gasteiger partial charge in [0.05, 0.1) is 12.4 Å². The van der Waals surface area contributed by atoms with Gasteiger partial charge in [0.25, 0.3) is 0 Å². The number of anilines is 1. The van der Waals surface area contributed by atoms with Gasteiger partial charge >= 0.3 is 0 Å². The van der Waals surface area contributed by atoms with Crippen molar-refractivity contribution in [2.24, 2.45) is 5.92 Å². The van der Waals surface area contributed by atoms with Crippen molar-refractivity contribution in [1.82, 2.24) is 4.90 Å². The highest BCUT2D eigenvalue weighted by Gasteiger charge is 2.20. The fourth-order valence-corrected chi connectivity index (χ4v) is 3.83. The summed E-state index contributed by atoms with van der Waals surface area (Å²) in [5.74, 6) is 1.03. The lowest BCUT2D eigenvalue weighted by molar-refractivity contribution is 0.155. The average molecular weight is 383 g/mol. The van der Waals surface area contributed by atoms with Gasteiger partial charge in [-0.05, 0) is 62.5 Å². The van der Waals surface area contributed by atoms with Gasteiger partial charge in [-0.2, -0.15) is 0 Å². The first kappa shape index (κ1) is 21.2. The average Bonchev–Trinajstić information content (AvgIpc) is 3.40. The summed E-state index contributed by atoms with van der Waals surface area (Å²) in [7, 11) is -3.27. The smallest absolute Gasteiger partial charge is 0.229 e. The van der Waals surface area contributed by atoms with Crippen molar-refractivity contribution < 1.29 is 13.5 Å². The summed E-state index contributed by atoms with van der Waals surface area (Å²) in [6.07, 6.45) is 9.22. The minimum atomic E-state index is -3.27. The summed E-state index contributed by atoms with van der Waals surface area (Å²) < 4.78 is 24.9. The Morgan fingerprint density at radius 2 is 1.81 bits per heavy atom. The SMILES string of the molecule is CCN(CCCCC1CC1)CCCC(O)c1ccc(NS(C)(=O)=O)cc1. The summed E-state index contributed by atoms with van der Waals surface area (Å²) in [4.78, 5) is 2.47. The molecule has 2 N–H and O–H groups in total. The van der Waals surface area contributed by atoms with Crippen molar-refractivity contribution in [3.63, 3.8) is 0 Å². The van der Waals surface area contributed by atoms with Crippen LogP contribution in [0.25, 0.3) is 0 Å². The molecule has 26 heavy (non-hydrogen) atoms. The summed E-state index contributed by atoms with van der Waals surface area (Å²) in [5, 5.41) is 10.4. The number of nitrogens with zero attached hydrogens (tertiary/aromatic N) is 1. The van der Waals surface area contributed by atoms with Crippen LogP contribution in [0.4, 0.5) is 5.69 Å². The molecule has 1 atom stereocenters. The molecule has 1 unspecified atom stereocenters. The van der Waals surface area contributed by atoms with E-state index in [0.29, 0.717) is 5.69 Å². The van der Waals surface area contributed by atoms with E-state index in [1.54, 1.807) is 24.3 Å². The molecule has 0 heterocycles. The van der Waals surface area contributed by atoms with E-state index in [2.05, 4.69) is 16.5 Å². The highest BCUT2D eigenvalue weighted by Crippen LogP contribution is 2.33. The molecule has 0 radical (unpaired) electrons. The van der Waals surface area contributed by atoms with Crippen LogP contribution < -0.4 is 4.72 Å². The summed E-state index contributed by atoms with van der Waals surface area (Å²) in [5.41, 5.74) is 1.35. The van der Waals surface area contributed by atoms with Crippen molar-refractivity contribution >= 4 is 15.7 Å². The number of hydrogen-bond donors (Lipinski definition) is 2. The van der Waals surface area contributed by atoms with E-state index in [1.807, 2.05) is 0 Å². The molecule has 6 heteroatoms. The standard InChI is InChI=1S/C20H34N2O3S/c1-3-22(15-5-4-7-17-9-10-17)16-6-8-20(23)18-11-13-19(14-12-18)21-26(2,24)25/h11-14,17,20-21,23H,3-10,15-16H2,1-2H3. The van der Waals surface area contributed by atoms with E-state index in [0.717, 1.165) is 50.2 Å². The number of rotatable bonds is 13. The van der Waals surface area contributed by atoms with Crippen molar-refractivity contribution in [3.05, 3.63) is 29.8 Å². The summed E-state index contributed by atoms with van der Waals surface area (Å²) >= 11 is 0. The van der Waals surface area contributed by atoms with E-state index < -0.39 is 16.1 Å². The Morgan fingerprint density at radius 3 is 2.38 bits per heavy atom. The molecule has 1 saturated carbocycles. The minimum absolute atomic E-state index is 0.504. The number of benzene rings is 1. The van der Waals surface area contributed by atoms with Crippen LogP contribution in [0.15, 0.2) is 24.3 Å². The van der Waals surface area contributed by atoms with E-state index in [1.165, 1.54) is 32.1 Å². The molecule has 148 valence electrons. The largest absolute Gasteiger partial charge is 0.388 e. The third-order valence-electron chi connectivity index (χ3n) is 5.03. The maximum atomic E-state index is 11.2. The van der Waals surface area contributed by atoms with Crippen LogP contribution in [-0.2, 0) is 10.0 Å². The lowest BCUT2D eigenvalue weighted by Gasteiger charge is -2.21. The molecule has 0 aliphatic heterocycles. The maximum Gasteiger partial charge on any atom is 0.229 e. The van der Waals surface area contributed by atoms with Crippen LogP contribution in [0.1, 0.15) is 63.5 Å². The normalized spacial score (nSPS) is 16.0. The number of nitrogens with one attached hydrogen (secondary N) is 1. The van der Waals surface area contributed by atoms with Gasteiger partial charge in [-0.25, -0.2) is 8.42 Å². The summed E-state index contributed by atoms with van der Waals surface area (Å²) in [6, 6.07) is 6.96. The van der Waals surface area contributed by atoms with Crippen LogP contribution in [0.5, 0.6) is 0 Å². The van der Waals surface area contributed by atoms with E-state index >= 15 is 0 Å². The van der Waals surface area contributed by atoms with Crippen LogP contribution in [0.2, 0.25) is 0 Å². The van der Waals surface area contributed by atoms with Crippen LogP contribution in [0.3, 0.4) is 0 Å². The molecule has 0 aromatic heterocycles. The van der Waals surface area contributed by atoms with Gasteiger partial charge in [-0.15, -0.1) is 0 Å². The molecule has 1 aromatic rings. The minimum Gasteiger partial charge on any atom is -0.388 e. The zero-order valence-electron chi connectivity index (χ0n) is 16.2. The highest BCUT2D eigenvalue weighted by atomic mass is 32.2. The first-order valence-corrected chi connectivity index (χ1v) is 11.7. The Balaban J connectivity index is 1.66. The molecule has 0 saturated heterocycles. The number of aliphatic hydroxyl groups is 1. The topological polar surface area (TPSA) is 69.6 Å². The van der Waals surface area contributed by atoms with E-state index in [-0.39, 0.29) is 0 Å². The lowest BCUT2D eigenvalue weighted by atomic mass is 10.0. The lowest BCUT2D eigenvalue weighted by Crippen LogP contribution is -2.26. The van der Waals surface area contributed by atoms with Gasteiger partial charge in [0.15, 0.2) is 0 Å². The Bertz CT molecular complexity index is 627. The molecule has 1 aliphatic carbocycles. The number of sulfonamides is 1. The second-order valence-corrected chi connectivity index (χ2v) is 9.28. The monoisotopic (exact) mass is 382 g/mol. The van der Waals surface area contributed by atoms with Gasteiger partial charge in [-0.3, -0.25) is 4.72 Å². The first-order chi connectivity index (χ1) is 12.4. The Kier molecular flexibility index (Phi) is 8.38. The number of hydrogen-bond acceptors (Lipinski definition) is 4. The van der Waals surface area contributed by atoms with Gasteiger partial charge < -0.3 is 10.0 Å². The van der Waals surface area contributed by atoms with Crippen molar-refractivity contribution in [1.29, 1.82) is 0 Å². The Morgan fingerprint density at radius 1 is 1.15 bits per heavy atom. The molecule has 5 nitrogen and oxygen atoms in total. The number of unbranched alkanes of at least 4 members (excludes halogenated alkanes) is 1. The summed E-state index contributed by atoms with van der Waals surface area (Å²) in [6.45, 7) is 5.44. The Hall–Kier alpha value is -1.11. The third kappa shape index (κ3) is 8.52. The molecule has 1 fully saturated rings. The van der Waals surface area contributed by atoms with Crippen molar-refractivity contribution in [2.75, 3.05) is 30.6 Å². The van der Waals surface area contributed by atoms with Gasteiger partial charge in [0.2, 0.25) is 10.0 Å². The molecular weight excluding hydrogens is 348 g/mol. The van der Waals surface area contributed by atoms with Gasteiger partial charge in [0, 0.05) is 5.69 Å². The van der Waals surface area contributed by atoms with Crippen molar-refractivity contribution in [2.45, 2.75) is 58.0 Å². The quantitative estimate of drug-likeness (QED) is 0.510. The first-order valence-electron chi connectivity index (χ1n) is 9.85. The molecule has 0 spiro atoms. The molecule has 0 amide bonds. The zero-order chi connectivity index (χ0) is 19.0. The molecule has 2 rings (SSSR count). The molecular formula is C20H34N2O3S. The van der Waals surface area contributed by atoms with Gasteiger partial charge in [-0.1, -0.05) is 44.7 Å². The molecule has 1 aliphatic rings. The predicted octanol–water partition coefficient (Wildman–Crippen LogP) is 3.77.